The highest BCUT2D eigenvalue weighted by Gasteiger charge is 2.44. The van der Waals surface area contributed by atoms with Crippen molar-refractivity contribution >= 4 is 17.6 Å². The van der Waals surface area contributed by atoms with Gasteiger partial charge in [-0.3, -0.25) is 4.79 Å². The van der Waals surface area contributed by atoms with Gasteiger partial charge in [0.05, 0.1) is 5.92 Å². The van der Waals surface area contributed by atoms with Gasteiger partial charge >= 0.3 is 5.97 Å². The zero-order valence-electron chi connectivity index (χ0n) is 7.83. The van der Waals surface area contributed by atoms with Gasteiger partial charge in [0.15, 0.2) is 0 Å². The van der Waals surface area contributed by atoms with Gasteiger partial charge < -0.3 is 5.11 Å². The molecule has 1 aliphatic carbocycles. The van der Waals surface area contributed by atoms with Crippen LogP contribution >= 0.6 is 11.6 Å². The van der Waals surface area contributed by atoms with Crippen LogP contribution in [0, 0.1) is 12.8 Å². The van der Waals surface area contributed by atoms with E-state index in [4.69, 9.17) is 16.7 Å². The number of carbonyl (C=O) groups is 1. The average Bonchev–Trinajstić information content (AvgIpc) is 2.83. The lowest BCUT2D eigenvalue weighted by Gasteiger charge is -2.03. The quantitative estimate of drug-likeness (QED) is 0.815. The van der Waals surface area contributed by atoms with E-state index in [0.29, 0.717) is 5.02 Å². The molecule has 1 saturated carbocycles. The minimum Gasteiger partial charge on any atom is -0.481 e. The first kappa shape index (κ1) is 9.53. The van der Waals surface area contributed by atoms with E-state index in [2.05, 4.69) is 0 Å². The maximum Gasteiger partial charge on any atom is 0.307 e. The molecule has 14 heavy (non-hydrogen) atoms. The molecule has 2 unspecified atom stereocenters. The molecule has 0 saturated heterocycles. The lowest BCUT2D eigenvalue weighted by atomic mass is 10.1. The summed E-state index contributed by atoms with van der Waals surface area (Å²) in [6.45, 7) is 1.97. The summed E-state index contributed by atoms with van der Waals surface area (Å²) in [5, 5.41) is 9.48. The van der Waals surface area contributed by atoms with Gasteiger partial charge in [0.25, 0.3) is 0 Å². The zero-order chi connectivity index (χ0) is 10.3. The predicted octanol–water partition coefficient (Wildman–Crippen LogP) is 2.84. The fourth-order valence-electron chi connectivity index (χ4n) is 1.74. The number of hydrogen-bond donors (Lipinski definition) is 1. The SMILES string of the molecule is Cc1ccc(C2CC2C(=O)O)c(Cl)c1. The third-order valence-electron chi connectivity index (χ3n) is 2.66. The van der Waals surface area contributed by atoms with Gasteiger partial charge in [-0.1, -0.05) is 23.7 Å². The van der Waals surface area contributed by atoms with Crippen LogP contribution in [0.4, 0.5) is 0 Å². The summed E-state index contributed by atoms with van der Waals surface area (Å²) in [7, 11) is 0. The Kier molecular flexibility index (Phi) is 2.23. The first-order valence-corrected chi connectivity index (χ1v) is 4.96. The molecule has 2 atom stereocenters. The number of rotatable bonds is 2. The van der Waals surface area contributed by atoms with Crippen LogP contribution in [0.1, 0.15) is 23.5 Å². The van der Waals surface area contributed by atoms with Gasteiger partial charge in [-0.05, 0) is 36.5 Å². The van der Waals surface area contributed by atoms with Crippen LogP contribution in [0.5, 0.6) is 0 Å². The van der Waals surface area contributed by atoms with E-state index in [-0.39, 0.29) is 11.8 Å². The van der Waals surface area contributed by atoms with E-state index < -0.39 is 5.97 Å². The monoisotopic (exact) mass is 210 g/mol. The largest absolute Gasteiger partial charge is 0.481 e. The van der Waals surface area contributed by atoms with Gasteiger partial charge in [0.2, 0.25) is 0 Å². The van der Waals surface area contributed by atoms with Crippen LogP contribution in [0.3, 0.4) is 0 Å². The molecule has 0 heterocycles. The lowest BCUT2D eigenvalue weighted by Crippen LogP contribution is -1.99. The van der Waals surface area contributed by atoms with Crippen LogP contribution in [0.15, 0.2) is 18.2 Å². The van der Waals surface area contributed by atoms with E-state index >= 15 is 0 Å². The summed E-state index contributed by atoms with van der Waals surface area (Å²) in [5.74, 6) is -0.817. The maximum atomic E-state index is 10.7. The smallest absolute Gasteiger partial charge is 0.307 e. The second-order valence-electron chi connectivity index (χ2n) is 3.81. The molecule has 2 rings (SSSR count). The molecule has 1 aromatic rings. The van der Waals surface area contributed by atoms with Crippen molar-refractivity contribution in [1.29, 1.82) is 0 Å². The number of benzene rings is 1. The molecule has 1 N–H and O–H groups in total. The highest BCUT2D eigenvalue weighted by atomic mass is 35.5. The number of halogens is 1. The molecule has 1 aliphatic rings. The van der Waals surface area contributed by atoms with E-state index in [1.807, 2.05) is 25.1 Å². The first-order valence-electron chi connectivity index (χ1n) is 4.58. The highest BCUT2D eigenvalue weighted by molar-refractivity contribution is 6.31. The highest BCUT2D eigenvalue weighted by Crippen LogP contribution is 2.49. The summed E-state index contributed by atoms with van der Waals surface area (Å²) in [4.78, 5) is 10.7. The van der Waals surface area contributed by atoms with Crippen molar-refractivity contribution in [3.8, 4) is 0 Å². The second kappa shape index (κ2) is 3.28. The van der Waals surface area contributed by atoms with Crippen molar-refractivity contribution in [3.63, 3.8) is 0 Å². The van der Waals surface area contributed by atoms with Crippen LogP contribution < -0.4 is 0 Å². The molecule has 74 valence electrons. The van der Waals surface area contributed by atoms with E-state index in [1.54, 1.807) is 0 Å². The van der Waals surface area contributed by atoms with Crippen molar-refractivity contribution in [1.82, 2.24) is 0 Å². The molecule has 0 bridgehead atoms. The average molecular weight is 211 g/mol. The van der Waals surface area contributed by atoms with Crippen LogP contribution in [0.2, 0.25) is 5.02 Å². The molecular weight excluding hydrogens is 200 g/mol. The Bertz CT molecular complexity index is 387. The van der Waals surface area contributed by atoms with E-state index in [9.17, 15) is 4.79 Å². The molecule has 1 fully saturated rings. The number of carboxylic acids is 1. The van der Waals surface area contributed by atoms with Crippen LogP contribution in [0.25, 0.3) is 0 Å². The minimum atomic E-state index is -0.716. The summed E-state index contributed by atoms with van der Waals surface area (Å²) in [6.07, 6.45) is 0.720. The van der Waals surface area contributed by atoms with Crippen molar-refractivity contribution in [2.24, 2.45) is 5.92 Å². The number of aliphatic carboxylic acids is 1. The van der Waals surface area contributed by atoms with Gasteiger partial charge in [0.1, 0.15) is 0 Å². The van der Waals surface area contributed by atoms with Gasteiger partial charge in [-0.2, -0.15) is 0 Å². The summed E-state index contributed by atoms with van der Waals surface area (Å²) in [5.41, 5.74) is 2.08. The Morgan fingerprint density at radius 2 is 2.29 bits per heavy atom. The molecule has 2 nitrogen and oxygen atoms in total. The molecule has 1 aromatic carbocycles. The number of aryl methyl sites for hydroxylation is 1. The fraction of sp³-hybridized carbons (Fsp3) is 0.364. The van der Waals surface area contributed by atoms with E-state index in [1.165, 1.54) is 0 Å². The Balaban J connectivity index is 2.23. The Morgan fingerprint density at radius 1 is 1.57 bits per heavy atom. The molecule has 0 radical (unpaired) electrons. The van der Waals surface area contributed by atoms with Gasteiger partial charge in [-0.15, -0.1) is 0 Å². The Hall–Kier alpha value is -1.02. The normalized spacial score (nSPS) is 24.7. The zero-order valence-corrected chi connectivity index (χ0v) is 8.58. The summed E-state index contributed by atoms with van der Waals surface area (Å²) in [6, 6.07) is 5.79. The summed E-state index contributed by atoms with van der Waals surface area (Å²) >= 11 is 6.04. The topological polar surface area (TPSA) is 37.3 Å². The molecule has 0 spiro atoms. The van der Waals surface area contributed by atoms with Crippen molar-refractivity contribution in [2.45, 2.75) is 19.3 Å². The maximum absolute atomic E-state index is 10.7. The standard InChI is InChI=1S/C11H11ClO2/c1-6-2-3-7(10(12)4-6)8-5-9(8)11(13)14/h2-4,8-9H,5H2,1H3,(H,13,14). The summed E-state index contributed by atoms with van der Waals surface area (Å²) < 4.78 is 0. The molecular formula is C11H11ClO2. The molecule has 3 heteroatoms. The van der Waals surface area contributed by atoms with Gasteiger partial charge in [0, 0.05) is 5.02 Å². The Morgan fingerprint density at radius 3 is 2.79 bits per heavy atom. The number of carboxylic acid groups (broad SMARTS) is 1. The molecule has 0 aromatic heterocycles. The third-order valence-corrected chi connectivity index (χ3v) is 2.99. The van der Waals surface area contributed by atoms with Crippen molar-refractivity contribution < 1.29 is 9.90 Å². The van der Waals surface area contributed by atoms with Crippen molar-refractivity contribution in [2.75, 3.05) is 0 Å². The van der Waals surface area contributed by atoms with Crippen LogP contribution in [-0.2, 0) is 4.79 Å². The fourth-order valence-corrected chi connectivity index (χ4v) is 2.12. The second-order valence-corrected chi connectivity index (χ2v) is 4.22. The number of hydrogen-bond acceptors (Lipinski definition) is 1. The van der Waals surface area contributed by atoms with Crippen molar-refractivity contribution in [3.05, 3.63) is 34.3 Å². The molecule has 0 aliphatic heterocycles. The lowest BCUT2D eigenvalue weighted by molar-refractivity contribution is -0.138. The Labute approximate surface area is 87.5 Å². The predicted molar refractivity (Wildman–Crippen MR) is 54.7 cm³/mol. The van der Waals surface area contributed by atoms with E-state index in [0.717, 1.165) is 17.5 Å². The van der Waals surface area contributed by atoms with Crippen LogP contribution in [-0.4, -0.2) is 11.1 Å². The van der Waals surface area contributed by atoms with Gasteiger partial charge in [-0.25, -0.2) is 0 Å². The third kappa shape index (κ3) is 1.62. The molecule has 0 amide bonds. The first-order chi connectivity index (χ1) is 6.59. The minimum absolute atomic E-state index is 0.126.